The van der Waals surface area contributed by atoms with Crippen LogP contribution < -0.4 is 5.32 Å². The SMILES string of the molecule is CCCCCCC(C)NC1CC(OC)C1(C)C. The van der Waals surface area contributed by atoms with Crippen molar-refractivity contribution in [3.63, 3.8) is 0 Å². The first-order chi connectivity index (χ1) is 8.02. The minimum absolute atomic E-state index is 0.298. The van der Waals surface area contributed by atoms with Crippen LogP contribution in [0.25, 0.3) is 0 Å². The molecule has 3 atom stereocenters. The molecule has 2 heteroatoms. The van der Waals surface area contributed by atoms with Gasteiger partial charge >= 0.3 is 0 Å². The van der Waals surface area contributed by atoms with Crippen molar-refractivity contribution in [3.05, 3.63) is 0 Å². The van der Waals surface area contributed by atoms with Gasteiger partial charge in [-0.1, -0.05) is 46.5 Å². The van der Waals surface area contributed by atoms with E-state index in [-0.39, 0.29) is 0 Å². The molecule has 0 aliphatic heterocycles. The van der Waals surface area contributed by atoms with Crippen LogP contribution in [0.1, 0.15) is 66.2 Å². The van der Waals surface area contributed by atoms with E-state index in [4.69, 9.17) is 4.74 Å². The predicted octanol–water partition coefficient (Wildman–Crippen LogP) is 3.75. The Labute approximate surface area is 108 Å². The van der Waals surface area contributed by atoms with Crippen LogP contribution >= 0.6 is 0 Å². The van der Waals surface area contributed by atoms with E-state index in [0.717, 1.165) is 0 Å². The second-order valence-corrected chi connectivity index (χ2v) is 6.25. The van der Waals surface area contributed by atoms with E-state index < -0.39 is 0 Å². The average molecular weight is 241 g/mol. The number of rotatable bonds is 8. The number of hydrogen-bond donors (Lipinski definition) is 1. The maximum absolute atomic E-state index is 5.49. The summed E-state index contributed by atoms with van der Waals surface area (Å²) in [6.45, 7) is 9.21. The minimum Gasteiger partial charge on any atom is -0.381 e. The molecule has 0 bridgehead atoms. The highest BCUT2D eigenvalue weighted by atomic mass is 16.5. The van der Waals surface area contributed by atoms with E-state index in [1.807, 2.05) is 7.11 Å². The molecule has 17 heavy (non-hydrogen) atoms. The van der Waals surface area contributed by atoms with Gasteiger partial charge in [-0.3, -0.25) is 0 Å². The fourth-order valence-corrected chi connectivity index (χ4v) is 2.87. The van der Waals surface area contributed by atoms with Crippen LogP contribution in [0, 0.1) is 5.41 Å². The van der Waals surface area contributed by atoms with Crippen LogP contribution in [0.2, 0.25) is 0 Å². The lowest BCUT2D eigenvalue weighted by Crippen LogP contribution is -2.62. The lowest BCUT2D eigenvalue weighted by molar-refractivity contribution is -0.0999. The van der Waals surface area contributed by atoms with Crippen molar-refractivity contribution >= 4 is 0 Å². The lowest BCUT2D eigenvalue weighted by Gasteiger charge is -2.52. The monoisotopic (exact) mass is 241 g/mol. The van der Waals surface area contributed by atoms with E-state index in [1.165, 1.54) is 38.5 Å². The number of nitrogens with one attached hydrogen (secondary N) is 1. The van der Waals surface area contributed by atoms with Crippen molar-refractivity contribution in [3.8, 4) is 0 Å². The molecule has 1 saturated carbocycles. The third-order valence-electron chi connectivity index (χ3n) is 4.44. The van der Waals surface area contributed by atoms with E-state index in [2.05, 4.69) is 33.0 Å². The first-order valence-electron chi connectivity index (χ1n) is 7.31. The van der Waals surface area contributed by atoms with Gasteiger partial charge in [0.25, 0.3) is 0 Å². The van der Waals surface area contributed by atoms with Crippen LogP contribution in [-0.4, -0.2) is 25.3 Å². The smallest absolute Gasteiger partial charge is 0.0652 e. The maximum atomic E-state index is 5.49. The number of ether oxygens (including phenoxy) is 1. The second kappa shape index (κ2) is 6.75. The van der Waals surface area contributed by atoms with E-state index in [0.29, 0.717) is 23.6 Å². The van der Waals surface area contributed by atoms with E-state index in [1.54, 1.807) is 0 Å². The molecule has 0 aromatic rings. The van der Waals surface area contributed by atoms with Gasteiger partial charge in [-0.2, -0.15) is 0 Å². The zero-order chi connectivity index (χ0) is 12.9. The van der Waals surface area contributed by atoms with Crippen molar-refractivity contribution < 1.29 is 4.74 Å². The third-order valence-corrected chi connectivity index (χ3v) is 4.44. The molecule has 1 N–H and O–H groups in total. The van der Waals surface area contributed by atoms with E-state index >= 15 is 0 Å². The van der Waals surface area contributed by atoms with Crippen LogP contribution in [0.4, 0.5) is 0 Å². The molecule has 102 valence electrons. The number of methoxy groups -OCH3 is 1. The van der Waals surface area contributed by atoms with Crippen molar-refractivity contribution in [1.29, 1.82) is 0 Å². The number of unbranched alkanes of at least 4 members (excludes halogenated alkanes) is 3. The summed E-state index contributed by atoms with van der Waals surface area (Å²) in [5.41, 5.74) is 0.298. The predicted molar refractivity (Wildman–Crippen MR) is 74.3 cm³/mol. The summed E-state index contributed by atoms with van der Waals surface area (Å²) < 4.78 is 5.49. The van der Waals surface area contributed by atoms with E-state index in [9.17, 15) is 0 Å². The summed E-state index contributed by atoms with van der Waals surface area (Å²) in [6.07, 6.45) is 8.38. The van der Waals surface area contributed by atoms with Gasteiger partial charge in [-0.15, -0.1) is 0 Å². The van der Waals surface area contributed by atoms with Crippen molar-refractivity contribution in [2.45, 2.75) is 84.4 Å². The largest absolute Gasteiger partial charge is 0.381 e. The Morgan fingerprint density at radius 2 is 2.00 bits per heavy atom. The first kappa shape index (κ1) is 15.0. The molecule has 2 nitrogen and oxygen atoms in total. The van der Waals surface area contributed by atoms with Gasteiger partial charge in [0.15, 0.2) is 0 Å². The zero-order valence-corrected chi connectivity index (χ0v) is 12.4. The quantitative estimate of drug-likeness (QED) is 0.654. The molecule has 1 rings (SSSR count). The standard InChI is InChI=1S/C15H31NO/c1-6-7-8-9-10-12(2)16-13-11-14(17-5)15(13,3)4/h12-14,16H,6-11H2,1-5H3. The molecular formula is C15H31NO. The van der Waals surface area contributed by atoms with Gasteiger partial charge in [0.05, 0.1) is 6.10 Å². The molecule has 0 aromatic carbocycles. The second-order valence-electron chi connectivity index (χ2n) is 6.25. The van der Waals surface area contributed by atoms with Gasteiger partial charge in [-0.05, 0) is 19.8 Å². The van der Waals surface area contributed by atoms with Crippen LogP contribution in [0.5, 0.6) is 0 Å². The highest BCUT2D eigenvalue weighted by Crippen LogP contribution is 2.42. The lowest BCUT2D eigenvalue weighted by atomic mass is 9.64. The number of hydrogen-bond acceptors (Lipinski definition) is 2. The minimum atomic E-state index is 0.298. The molecule has 0 amide bonds. The fraction of sp³-hybridized carbons (Fsp3) is 1.00. The maximum Gasteiger partial charge on any atom is 0.0652 e. The molecule has 0 heterocycles. The summed E-state index contributed by atoms with van der Waals surface area (Å²) >= 11 is 0. The fourth-order valence-electron chi connectivity index (χ4n) is 2.87. The zero-order valence-electron chi connectivity index (χ0n) is 12.4. The van der Waals surface area contributed by atoms with Gasteiger partial charge in [0.1, 0.15) is 0 Å². The van der Waals surface area contributed by atoms with Crippen LogP contribution in [0.3, 0.4) is 0 Å². The highest BCUT2D eigenvalue weighted by Gasteiger charge is 2.48. The first-order valence-corrected chi connectivity index (χ1v) is 7.31. The van der Waals surface area contributed by atoms with Crippen molar-refractivity contribution in [2.24, 2.45) is 5.41 Å². The van der Waals surface area contributed by atoms with Gasteiger partial charge < -0.3 is 10.1 Å². The average Bonchev–Trinajstić information content (AvgIpc) is 2.29. The Hall–Kier alpha value is -0.0800. The molecule has 0 saturated heterocycles. The molecule has 1 fully saturated rings. The Morgan fingerprint density at radius 1 is 1.29 bits per heavy atom. The molecule has 1 aliphatic rings. The van der Waals surface area contributed by atoms with Crippen molar-refractivity contribution in [1.82, 2.24) is 5.32 Å². The normalized spacial score (nSPS) is 28.8. The molecular weight excluding hydrogens is 210 g/mol. The Kier molecular flexibility index (Phi) is 5.94. The molecule has 0 aromatic heterocycles. The summed E-state index contributed by atoms with van der Waals surface area (Å²) in [5, 5.41) is 3.77. The summed E-state index contributed by atoms with van der Waals surface area (Å²) in [6, 6.07) is 1.28. The Morgan fingerprint density at radius 3 is 2.53 bits per heavy atom. The topological polar surface area (TPSA) is 21.3 Å². The van der Waals surface area contributed by atoms with Gasteiger partial charge in [0.2, 0.25) is 0 Å². The molecule has 0 spiro atoms. The summed E-state index contributed by atoms with van der Waals surface area (Å²) in [7, 11) is 1.83. The van der Waals surface area contributed by atoms with Crippen LogP contribution in [0.15, 0.2) is 0 Å². The summed E-state index contributed by atoms with van der Waals surface area (Å²) in [5.74, 6) is 0. The van der Waals surface area contributed by atoms with Crippen LogP contribution in [-0.2, 0) is 4.74 Å². The molecule has 3 unspecified atom stereocenters. The highest BCUT2D eigenvalue weighted by molar-refractivity contribution is 5.03. The van der Waals surface area contributed by atoms with Gasteiger partial charge in [-0.25, -0.2) is 0 Å². The third kappa shape index (κ3) is 3.96. The molecule has 1 aliphatic carbocycles. The summed E-state index contributed by atoms with van der Waals surface area (Å²) in [4.78, 5) is 0. The molecule has 0 radical (unpaired) electrons. The Bertz CT molecular complexity index is 215. The van der Waals surface area contributed by atoms with Crippen molar-refractivity contribution in [2.75, 3.05) is 7.11 Å². The van der Waals surface area contributed by atoms with Gasteiger partial charge in [0, 0.05) is 24.6 Å². The Balaban J connectivity index is 2.17.